The Morgan fingerprint density at radius 2 is 2.24 bits per heavy atom. The Morgan fingerprint density at radius 3 is 2.88 bits per heavy atom. The Hall–Kier alpha value is -1.49. The van der Waals surface area contributed by atoms with Crippen LogP contribution in [0, 0.1) is 0 Å². The summed E-state index contributed by atoms with van der Waals surface area (Å²) in [4.78, 5) is 19.6. The molecule has 0 aliphatic heterocycles. The van der Waals surface area contributed by atoms with E-state index in [-0.39, 0.29) is 11.4 Å². The molecule has 0 unspecified atom stereocenters. The first-order valence-corrected chi connectivity index (χ1v) is 5.98. The predicted octanol–water partition coefficient (Wildman–Crippen LogP) is 0.754. The van der Waals surface area contributed by atoms with Crippen LogP contribution in [0.25, 0.3) is 0 Å². The zero-order valence-corrected chi connectivity index (χ0v) is 9.85. The van der Waals surface area contributed by atoms with Gasteiger partial charge in [0.2, 0.25) is 5.91 Å². The van der Waals surface area contributed by atoms with Crippen molar-refractivity contribution in [2.45, 2.75) is 44.2 Å². The molecule has 3 N–H and O–H groups in total. The Labute approximate surface area is 101 Å². The monoisotopic (exact) mass is 234 g/mol. The van der Waals surface area contributed by atoms with Crippen molar-refractivity contribution in [1.29, 1.82) is 0 Å². The maximum absolute atomic E-state index is 11.7. The van der Waals surface area contributed by atoms with Crippen LogP contribution < -0.4 is 11.1 Å². The van der Waals surface area contributed by atoms with Gasteiger partial charge < -0.3 is 11.1 Å². The average molecular weight is 234 g/mol. The van der Waals surface area contributed by atoms with Crippen LogP contribution >= 0.6 is 0 Å². The van der Waals surface area contributed by atoms with Crippen LogP contribution in [0.4, 0.5) is 0 Å². The van der Waals surface area contributed by atoms with Crippen molar-refractivity contribution >= 4 is 5.91 Å². The predicted molar refractivity (Wildman–Crippen MR) is 63.9 cm³/mol. The molecule has 1 heterocycles. The highest BCUT2D eigenvalue weighted by Gasteiger charge is 2.31. The molecule has 0 bridgehead atoms. The number of nitrogens with one attached hydrogen (secondary N) is 1. The Bertz CT molecular complexity index is 373. The first-order valence-electron chi connectivity index (χ1n) is 5.98. The standard InChI is InChI=1S/C12H18N4O/c13-12(4-1-2-5-12)7-11(17)15-8-10-3-6-14-9-16-10/h3,6,9H,1-2,4-5,7-8,13H2,(H,15,17). The van der Waals surface area contributed by atoms with E-state index >= 15 is 0 Å². The van der Waals surface area contributed by atoms with E-state index in [2.05, 4.69) is 15.3 Å². The second-order valence-electron chi connectivity index (χ2n) is 4.72. The normalized spacial score (nSPS) is 17.9. The lowest BCUT2D eigenvalue weighted by atomic mass is 9.94. The summed E-state index contributed by atoms with van der Waals surface area (Å²) < 4.78 is 0. The maximum atomic E-state index is 11.7. The molecule has 1 amide bonds. The number of hydrogen-bond acceptors (Lipinski definition) is 4. The van der Waals surface area contributed by atoms with E-state index < -0.39 is 0 Å². The summed E-state index contributed by atoms with van der Waals surface area (Å²) in [5.41, 5.74) is 6.67. The minimum atomic E-state index is -0.282. The zero-order valence-electron chi connectivity index (χ0n) is 9.85. The Kier molecular flexibility index (Phi) is 3.68. The molecule has 5 nitrogen and oxygen atoms in total. The van der Waals surface area contributed by atoms with Gasteiger partial charge in [-0.3, -0.25) is 4.79 Å². The van der Waals surface area contributed by atoms with E-state index in [0.717, 1.165) is 31.4 Å². The molecule has 1 aromatic heterocycles. The summed E-state index contributed by atoms with van der Waals surface area (Å²) in [6.45, 7) is 0.442. The number of nitrogens with two attached hydrogens (primary N) is 1. The molecule has 2 rings (SSSR count). The number of amides is 1. The minimum Gasteiger partial charge on any atom is -0.350 e. The molecule has 5 heteroatoms. The third-order valence-corrected chi connectivity index (χ3v) is 3.22. The highest BCUT2D eigenvalue weighted by atomic mass is 16.1. The Balaban J connectivity index is 1.78. The number of hydrogen-bond donors (Lipinski definition) is 2. The molecule has 0 saturated heterocycles. The summed E-state index contributed by atoms with van der Waals surface area (Å²) in [6, 6.07) is 1.79. The van der Waals surface area contributed by atoms with Gasteiger partial charge in [-0.15, -0.1) is 0 Å². The van der Waals surface area contributed by atoms with Crippen molar-refractivity contribution in [1.82, 2.24) is 15.3 Å². The SMILES string of the molecule is NC1(CC(=O)NCc2ccncn2)CCCC1. The number of rotatable bonds is 4. The van der Waals surface area contributed by atoms with Gasteiger partial charge in [0.15, 0.2) is 0 Å². The molecule has 0 aromatic carbocycles. The van der Waals surface area contributed by atoms with Crippen molar-refractivity contribution in [2.75, 3.05) is 0 Å². The fraction of sp³-hybridized carbons (Fsp3) is 0.583. The van der Waals surface area contributed by atoms with Crippen LogP contribution in [0.2, 0.25) is 0 Å². The van der Waals surface area contributed by atoms with Gasteiger partial charge in [-0.2, -0.15) is 0 Å². The van der Waals surface area contributed by atoms with Gasteiger partial charge in [-0.25, -0.2) is 9.97 Å². The van der Waals surface area contributed by atoms with Crippen LogP contribution in [0.15, 0.2) is 18.6 Å². The summed E-state index contributed by atoms with van der Waals surface area (Å²) in [5.74, 6) is 0.00742. The van der Waals surface area contributed by atoms with Gasteiger partial charge in [0.25, 0.3) is 0 Å². The van der Waals surface area contributed by atoms with Crippen LogP contribution in [-0.2, 0) is 11.3 Å². The van der Waals surface area contributed by atoms with Crippen molar-refractivity contribution in [3.63, 3.8) is 0 Å². The summed E-state index contributed by atoms with van der Waals surface area (Å²) >= 11 is 0. The lowest BCUT2D eigenvalue weighted by molar-refractivity contribution is -0.122. The molecule has 1 aliphatic carbocycles. The fourth-order valence-corrected chi connectivity index (χ4v) is 2.25. The summed E-state index contributed by atoms with van der Waals surface area (Å²) in [5, 5.41) is 2.84. The van der Waals surface area contributed by atoms with Gasteiger partial charge in [0.05, 0.1) is 12.2 Å². The van der Waals surface area contributed by atoms with E-state index in [1.165, 1.54) is 6.33 Å². The van der Waals surface area contributed by atoms with Gasteiger partial charge in [0.1, 0.15) is 6.33 Å². The molecule has 1 saturated carbocycles. The molecule has 17 heavy (non-hydrogen) atoms. The third kappa shape index (κ3) is 3.49. The third-order valence-electron chi connectivity index (χ3n) is 3.22. The Morgan fingerprint density at radius 1 is 1.47 bits per heavy atom. The average Bonchev–Trinajstić information content (AvgIpc) is 2.74. The smallest absolute Gasteiger partial charge is 0.222 e. The molecule has 92 valence electrons. The molecule has 1 aliphatic rings. The molecule has 0 spiro atoms. The van der Waals surface area contributed by atoms with Crippen LogP contribution in [0.5, 0.6) is 0 Å². The second kappa shape index (κ2) is 5.23. The van der Waals surface area contributed by atoms with E-state index in [1.54, 1.807) is 12.3 Å². The molecule has 0 atom stereocenters. The number of aromatic nitrogens is 2. The lowest BCUT2D eigenvalue weighted by Gasteiger charge is -2.22. The largest absolute Gasteiger partial charge is 0.350 e. The lowest BCUT2D eigenvalue weighted by Crippen LogP contribution is -2.42. The van der Waals surface area contributed by atoms with Crippen LogP contribution in [-0.4, -0.2) is 21.4 Å². The topological polar surface area (TPSA) is 80.9 Å². The minimum absolute atomic E-state index is 0.00742. The van der Waals surface area contributed by atoms with Gasteiger partial charge >= 0.3 is 0 Å². The van der Waals surface area contributed by atoms with Crippen molar-refractivity contribution in [3.05, 3.63) is 24.3 Å². The van der Waals surface area contributed by atoms with Crippen molar-refractivity contribution < 1.29 is 4.79 Å². The highest BCUT2D eigenvalue weighted by molar-refractivity contribution is 5.77. The molecular formula is C12H18N4O. The maximum Gasteiger partial charge on any atom is 0.222 e. The molecule has 0 radical (unpaired) electrons. The van der Waals surface area contributed by atoms with E-state index in [9.17, 15) is 4.79 Å². The first-order chi connectivity index (χ1) is 8.18. The fourth-order valence-electron chi connectivity index (χ4n) is 2.25. The number of nitrogens with zero attached hydrogens (tertiary/aromatic N) is 2. The molecular weight excluding hydrogens is 216 g/mol. The van der Waals surface area contributed by atoms with Crippen LogP contribution in [0.3, 0.4) is 0 Å². The quantitative estimate of drug-likeness (QED) is 0.805. The van der Waals surface area contributed by atoms with Crippen molar-refractivity contribution in [3.8, 4) is 0 Å². The van der Waals surface area contributed by atoms with E-state index in [1.807, 2.05) is 0 Å². The van der Waals surface area contributed by atoms with E-state index in [4.69, 9.17) is 5.73 Å². The van der Waals surface area contributed by atoms with Gasteiger partial charge in [0, 0.05) is 18.2 Å². The second-order valence-corrected chi connectivity index (χ2v) is 4.72. The highest BCUT2D eigenvalue weighted by Crippen LogP contribution is 2.29. The van der Waals surface area contributed by atoms with Crippen molar-refractivity contribution in [2.24, 2.45) is 5.73 Å². The number of carbonyl (C=O) groups is 1. The first kappa shape index (κ1) is 12.0. The van der Waals surface area contributed by atoms with E-state index in [0.29, 0.717) is 13.0 Å². The summed E-state index contributed by atoms with van der Waals surface area (Å²) in [6.07, 6.45) is 7.73. The van der Waals surface area contributed by atoms with Crippen LogP contribution in [0.1, 0.15) is 37.8 Å². The molecule has 1 fully saturated rings. The zero-order chi connectivity index (χ0) is 12.1. The molecule has 1 aromatic rings. The van der Waals surface area contributed by atoms with Gasteiger partial charge in [-0.1, -0.05) is 12.8 Å². The summed E-state index contributed by atoms with van der Waals surface area (Å²) in [7, 11) is 0. The van der Waals surface area contributed by atoms with Gasteiger partial charge in [-0.05, 0) is 18.9 Å². The number of carbonyl (C=O) groups excluding carboxylic acids is 1.